The molecule has 1 unspecified atom stereocenters. The Morgan fingerprint density at radius 1 is 1.35 bits per heavy atom. The van der Waals surface area contributed by atoms with Crippen molar-refractivity contribution in [3.05, 3.63) is 53.6 Å². The Hall–Kier alpha value is -1.87. The summed E-state index contributed by atoms with van der Waals surface area (Å²) in [7, 11) is 0. The van der Waals surface area contributed by atoms with E-state index in [0.717, 1.165) is 18.4 Å². The molecule has 1 heterocycles. The van der Waals surface area contributed by atoms with Gasteiger partial charge in [0.25, 0.3) is 0 Å². The van der Waals surface area contributed by atoms with Crippen LogP contribution in [0.5, 0.6) is 0 Å². The van der Waals surface area contributed by atoms with Gasteiger partial charge in [-0.2, -0.15) is 0 Å². The molecule has 2 N–H and O–H groups in total. The standard InChI is InChI=1S/C17H20N2O/c1-17(12-20-11-16(18)19-17)15-9-5-8-14(10-15)13-6-3-2-4-7-13/h2-3,5-6,8-10H,4,7,11-12H2,1H3,(H2,18,19). The summed E-state index contributed by atoms with van der Waals surface area (Å²) in [5.41, 5.74) is 9.27. The third-order valence-electron chi connectivity index (χ3n) is 3.89. The maximum absolute atomic E-state index is 5.83. The highest BCUT2D eigenvalue weighted by molar-refractivity contribution is 5.82. The number of amidine groups is 1. The summed E-state index contributed by atoms with van der Waals surface area (Å²) < 4.78 is 5.56. The normalized spacial score (nSPS) is 26.1. The summed E-state index contributed by atoms with van der Waals surface area (Å²) in [5, 5.41) is 0. The van der Waals surface area contributed by atoms with Crippen LogP contribution >= 0.6 is 0 Å². The van der Waals surface area contributed by atoms with Gasteiger partial charge >= 0.3 is 0 Å². The van der Waals surface area contributed by atoms with Crippen LogP contribution in [0.15, 0.2) is 47.5 Å². The van der Waals surface area contributed by atoms with Crippen molar-refractivity contribution in [2.24, 2.45) is 10.7 Å². The van der Waals surface area contributed by atoms with Crippen LogP contribution < -0.4 is 5.73 Å². The molecule has 3 nitrogen and oxygen atoms in total. The van der Waals surface area contributed by atoms with E-state index in [0.29, 0.717) is 19.0 Å². The molecule has 1 aromatic carbocycles. The molecule has 0 saturated heterocycles. The topological polar surface area (TPSA) is 47.6 Å². The first-order valence-corrected chi connectivity index (χ1v) is 7.06. The predicted molar refractivity (Wildman–Crippen MR) is 82.6 cm³/mol. The Morgan fingerprint density at radius 2 is 2.25 bits per heavy atom. The summed E-state index contributed by atoms with van der Waals surface area (Å²) in [6.45, 7) is 3.09. The number of ether oxygens (including phenoxy) is 1. The molecule has 0 fully saturated rings. The van der Waals surface area contributed by atoms with E-state index < -0.39 is 0 Å². The third kappa shape index (κ3) is 2.54. The highest BCUT2D eigenvalue weighted by atomic mass is 16.5. The van der Waals surface area contributed by atoms with Gasteiger partial charge in [-0.3, -0.25) is 4.99 Å². The van der Waals surface area contributed by atoms with Crippen LogP contribution in [0.3, 0.4) is 0 Å². The van der Waals surface area contributed by atoms with Crippen molar-refractivity contribution in [1.29, 1.82) is 0 Å². The molecule has 20 heavy (non-hydrogen) atoms. The van der Waals surface area contributed by atoms with Gasteiger partial charge in [-0.15, -0.1) is 0 Å². The van der Waals surface area contributed by atoms with Crippen molar-refractivity contribution in [1.82, 2.24) is 0 Å². The van der Waals surface area contributed by atoms with Crippen molar-refractivity contribution < 1.29 is 4.74 Å². The van der Waals surface area contributed by atoms with Crippen LogP contribution in [0.2, 0.25) is 0 Å². The lowest BCUT2D eigenvalue weighted by Crippen LogP contribution is -2.37. The second-order valence-electron chi connectivity index (χ2n) is 5.61. The molecular weight excluding hydrogens is 248 g/mol. The Bertz CT molecular complexity index is 601. The number of nitrogens with zero attached hydrogens (tertiary/aromatic N) is 1. The lowest BCUT2D eigenvalue weighted by atomic mass is 9.88. The fraction of sp³-hybridized carbons (Fsp3) is 0.353. The molecule has 0 radical (unpaired) electrons. The minimum Gasteiger partial charge on any atom is -0.386 e. The van der Waals surface area contributed by atoms with Crippen LogP contribution in [0.4, 0.5) is 0 Å². The molecule has 0 saturated carbocycles. The second kappa shape index (κ2) is 5.25. The average molecular weight is 268 g/mol. The Kier molecular flexibility index (Phi) is 3.45. The summed E-state index contributed by atoms with van der Waals surface area (Å²) in [6.07, 6.45) is 8.74. The van der Waals surface area contributed by atoms with Crippen LogP contribution in [0.1, 0.15) is 30.9 Å². The number of nitrogens with two attached hydrogens (primary N) is 1. The van der Waals surface area contributed by atoms with Gasteiger partial charge in [-0.1, -0.05) is 36.4 Å². The Labute approximate surface area is 119 Å². The SMILES string of the molecule is CC1(c2cccc(C3=CC=CCC3)c2)COCC(N)=N1. The molecule has 104 valence electrons. The zero-order valence-corrected chi connectivity index (χ0v) is 11.8. The Morgan fingerprint density at radius 3 is 3.00 bits per heavy atom. The lowest BCUT2D eigenvalue weighted by molar-refractivity contribution is 0.106. The van der Waals surface area contributed by atoms with Crippen LogP contribution in [-0.2, 0) is 10.3 Å². The molecule has 0 amide bonds. The van der Waals surface area contributed by atoms with Crippen molar-refractivity contribution in [2.75, 3.05) is 13.2 Å². The van der Waals surface area contributed by atoms with Crippen LogP contribution in [0, 0.1) is 0 Å². The quantitative estimate of drug-likeness (QED) is 0.896. The maximum atomic E-state index is 5.83. The number of hydrogen-bond donors (Lipinski definition) is 1. The monoisotopic (exact) mass is 268 g/mol. The van der Waals surface area contributed by atoms with Gasteiger partial charge in [0.15, 0.2) is 0 Å². The van der Waals surface area contributed by atoms with E-state index in [4.69, 9.17) is 10.5 Å². The van der Waals surface area contributed by atoms with Gasteiger partial charge in [0.05, 0.1) is 6.61 Å². The molecule has 2 aliphatic rings. The molecule has 3 heteroatoms. The molecule has 0 aromatic heterocycles. The van der Waals surface area contributed by atoms with Gasteiger partial charge in [-0.25, -0.2) is 0 Å². The summed E-state index contributed by atoms with van der Waals surface area (Å²) in [5.74, 6) is 0.573. The zero-order valence-electron chi connectivity index (χ0n) is 11.8. The number of aliphatic imine (C=N–C) groups is 1. The fourth-order valence-electron chi connectivity index (χ4n) is 2.78. The van der Waals surface area contributed by atoms with Crippen molar-refractivity contribution in [2.45, 2.75) is 25.3 Å². The second-order valence-corrected chi connectivity index (χ2v) is 5.61. The number of rotatable bonds is 2. The Balaban J connectivity index is 1.97. The average Bonchev–Trinajstić information content (AvgIpc) is 2.48. The van der Waals surface area contributed by atoms with Crippen LogP contribution in [0.25, 0.3) is 5.57 Å². The molecule has 1 atom stereocenters. The molecule has 1 aliphatic carbocycles. The van der Waals surface area contributed by atoms with Crippen molar-refractivity contribution in [3.63, 3.8) is 0 Å². The van der Waals surface area contributed by atoms with Crippen molar-refractivity contribution >= 4 is 11.4 Å². The van der Waals surface area contributed by atoms with Gasteiger partial charge in [0.2, 0.25) is 0 Å². The minimum absolute atomic E-state index is 0.372. The lowest BCUT2D eigenvalue weighted by Gasteiger charge is -2.30. The number of benzene rings is 1. The first-order valence-electron chi connectivity index (χ1n) is 7.06. The van der Waals surface area contributed by atoms with Gasteiger partial charge in [0.1, 0.15) is 18.0 Å². The molecular formula is C17H20N2O. The predicted octanol–water partition coefficient (Wildman–Crippen LogP) is 3.02. The molecule has 1 aromatic rings. The molecule has 0 bridgehead atoms. The fourth-order valence-corrected chi connectivity index (χ4v) is 2.78. The summed E-state index contributed by atoms with van der Waals surface area (Å²) in [6, 6.07) is 8.58. The van der Waals surface area contributed by atoms with Crippen molar-refractivity contribution in [3.8, 4) is 0 Å². The first-order chi connectivity index (χ1) is 9.67. The number of hydrogen-bond acceptors (Lipinski definition) is 3. The molecule has 0 spiro atoms. The van der Waals surface area contributed by atoms with E-state index in [-0.39, 0.29) is 5.54 Å². The van der Waals surface area contributed by atoms with Crippen LogP contribution in [-0.4, -0.2) is 19.0 Å². The minimum atomic E-state index is -0.372. The van der Waals surface area contributed by atoms with E-state index in [1.807, 2.05) is 0 Å². The highest BCUT2D eigenvalue weighted by Crippen LogP contribution is 2.31. The largest absolute Gasteiger partial charge is 0.386 e. The smallest absolute Gasteiger partial charge is 0.121 e. The van der Waals surface area contributed by atoms with E-state index in [2.05, 4.69) is 54.4 Å². The zero-order chi connectivity index (χ0) is 14.0. The maximum Gasteiger partial charge on any atom is 0.121 e. The first kappa shape index (κ1) is 13.1. The summed E-state index contributed by atoms with van der Waals surface area (Å²) >= 11 is 0. The molecule has 3 rings (SSSR count). The highest BCUT2D eigenvalue weighted by Gasteiger charge is 2.30. The van der Waals surface area contributed by atoms with E-state index in [1.165, 1.54) is 11.1 Å². The van der Waals surface area contributed by atoms with Gasteiger partial charge in [0, 0.05) is 0 Å². The summed E-state index contributed by atoms with van der Waals surface area (Å²) in [4.78, 5) is 4.61. The third-order valence-corrected chi connectivity index (χ3v) is 3.89. The van der Waals surface area contributed by atoms with E-state index in [1.54, 1.807) is 0 Å². The van der Waals surface area contributed by atoms with E-state index in [9.17, 15) is 0 Å². The van der Waals surface area contributed by atoms with E-state index >= 15 is 0 Å². The van der Waals surface area contributed by atoms with Gasteiger partial charge < -0.3 is 10.5 Å². The molecule has 1 aliphatic heterocycles. The van der Waals surface area contributed by atoms with Gasteiger partial charge in [-0.05, 0) is 42.5 Å². The number of allylic oxidation sites excluding steroid dienone is 4.